The van der Waals surface area contributed by atoms with Crippen molar-refractivity contribution in [1.82, 2.24) is 5.32 Å². The Morgan fingerprint density at radius 3 is 2.57 bits per heavy atom. The molecule has 0 bridgehead atoms. The van der Waals surface area contributed by atoms with Crippen molar-refractivity contribution in [3.8, 4) is 17.6 Å². The lowest BCUT2D eigenvalue weighted by atomic mass is 10.0. The highest BCUT2D eigenvalue weighted by Gasteiger charge is 2.30. The van der Waals surface area contributed by atoms with Crippen LogP contribution in [0, 0.1) is 17.8 Å². The van der Waals surface area contributed by atoms with Gasteiger partial charge in [-0.2, -0.15) is 13.2 Å². The smallest absolute Gasteiger partial charge is 0.416 e. The van der Waals surface area contributed by atoms with Crippen molar-refractivity contribution in [3.05, 3.63) is 29.8 Å². The molecule has 0 radical (unpaired) electrons. The van der Waals surface area contributed by atoms with Gasteiger partial charge in [-0.25, -0.2) is 0 Å². The Kier molecular flexibility index (Phi) is 7.46. The summed E-state index contributed by atoms with van der Waals surface area (Å²) in [7, 11) is 0. The molecule has 0 aliphatic carbocycles. The summed E-state index contributed by atoms with van der Waals surface area (Å²) in [5, 5.41) is 2.70. The van der Waals surface area contributed by atoms with Crippen LogP contribution in [0.1, 0.15) is 32.3 Å². The van der Waals surface area contributed by atoms with Crippen LogP contribution in [-0.4, -0.2) is 19.1 Å². The van der Waals surface area contributed by atoms with Crippen LogP contribution >= 0.6 is 0 Å². The minimum absolute atomic E-state index is 0.0156. The number of rotatable bonds is 6. The third kappa shape index (κ3) is 6.64. The van der Waals surface area contributed by atoms with E-state index in [1.165, 1.54) is 12.1 Å². The van der Waals surface area contributed by atoms with E-state index in [2.05, 4.69) is 17.2 Å². The minimum atomic E-state index is -4.40. The van der Waals surface area contributed by atoms with Gasteiger partial charge in [-0.05, 0) is 31.0 Å². The van der Waals surface area contributed by atoms with Crippen LogP contribution in [0.15, 0.2) is 24.3 Å². The van der Waals surface area contributed by atoms with Crippen LogP contribution in [0.4, 0.5) is 13.2 Å². The number of carbonyl (C=O) groups is 1. The molecule has 0 unspecified atom stereocenters. The largest absolute Gasteiger partial charge is 0.481 e. The van der Waals surface area contributed by atoms with Gasteiger partial charge in [-0.3, -0.25) is 4.79 Å². The van der Waals surface area contributed by atoms with Crippen molar-refractivity contribution in [2.75, 3.05) is 13.2 Å². The standard InChI is InChI=1S/C17H20F3NO2/c1-3-13(4-2)16(22)21-10-5-6-11-23-15-9-7-8-14(12-15)17(18,19)20/h7-9,12-13H,3-4,10-11H2,1-2H3,(H,21,22). The highest BCUT2D eigenvalue weighted by Crippen LogP contribution is 2.31. The second-order valence-corrected chi connectivity index (χ2v) is 4.90. The summed E-state index contributed by atoms with van der Waals surface area (Å²) in [5.74, 6) is 5.41. The lowest BCUT2D eigenvalue weighted by Crippen LogP contribution is -2.30. The van der Waals surface area contributed by atoms with E-state index in [1.54, 1.807) is 0 Å². The Bertz CT molecular complexity index is 569. The predicted molar refractivity (Wildman–Crippen MR) is 81.8 cm³/mol. The number of hydrogen-bond acceptors (Lipinski definition) is 2. The summed E-state index contributed by atoms with van der Waals surface area (Å²) in [6.07, 6.45) is -2.85. The van der Waals surface area contributed by atoms with Crippen molar-refractivity contribution in [1.29, 1.82) is 0 Å². The molecular weight excluding hydrogens is 307 g/mol. The van der Waals surface area contributed by atoms with Gasteiger partial charge in [0.25, 0.3) is 0 Å². The first-order chi connectivity index (χ1) is 10.9. The number of amides is 1. The summed E-state index contributed by atoms with van der Waals surface area (Å²) < 4.78 is 42.7. The highest BCUT2D eigenvalue weighted by molar-refractivity contribution is 5.78. The highest BCUT2D eigenvalue weighted by atomic mass is 19.4. The average molecular weight is 327 g/mol. The first kappa shape index (κ1) is 18.9. The van der Waals surface area contributed by atoms with Crippen molar-refractivity contribution in [2.24, 2.45) is 5.92 Å². The fourth-order valence-corrected chi connectivity index (χ4v) is 1.93. The molecule has 0 aliphatic heterocycles. The molecule has 6 heteroatoms. The fourth-order valence-electron chi connectivity index (χ4n) is 1.93. The number of hydrogen-bond donors (Lipinski definition) is 1. The number of nitrogens with one attached hydrogen (secondary N) is 1. The molecule has 1 N–H and O–H groups in total. The Labute approximate surface area is 134 Å². The molecule has 0 spiro atoms. The lowest BCUT2D eigenvalue weighted by Gasteiger charge is -2.10. The number of carbonyl (C=O) groups excluding carboxylic acids is 1. The van der Waals surface area contributed by atoms with Crippen molar-refractivity contribution < 1.29 is 22.7 Å². The van der Waals surface area contributed by atoms with Gasteiger partial charge >= 0.3 is 6.18 Å². The second kappa shape index (κ2) is 9.09. The third-order valence-corrected chi connectivity index (χ3v) is 3.30. The molecule has 126 valence electrons. The van der Waals surface area contributed by atoms with Gasteiger partial charge in [0.15, 0.2) is 0 Å². The van der Waals surface area contributed by atoms with E-state index < -0.39 is 11.7 Å². The molecule has 0 fully saturated rings. The Morgan fingerprint density at radius 2 is 1.96 bits per heavy atom. The van der Waals surface area contributed by atoms with Crippen LogP contribution in [0.5, 0.6) is 5.75 Å². The summed E-state index contributed by atoms with van der Waals surface area (Å²) in [4.78, 5) is 11.7. The molecular formula is C17H20F3NO2. The van der Waals surface area contributed by atoms with Crippen molar-refractivity contribution in [2.45, 2.75) is 32.9 Å². The number of alkyl halides is 3. The average Bonchev–Trinajstić information content (AvgIpc) is 2.51. The maximum Gasteiger partial charge on any atom is 0.416 e. The van der Waals surface area contributed by atoms with Crippen LogP contribution in [-0.2, 0) is 11.0 Å². The zero-order chi connectivity index (χ0) is 17.3. The molecule has 0 saturated carbocycles. The Hall–Kier alpha value is -2.16. The van der Waals surface area contributed by atoms with Crippen LogP contribution in [0.25, 0.3) is 0 Å². The fraction of sp³-hybridized carbons (Fsp3) is 0.471. The molecule has 1 rings (SSSR count). The van der Waals surface area contributed by atoms with Crippen molar-refractivity contribution in [3.63, 3.8) is 0 Å². The summed E-state index contributed by atoms with van der Waals surface area (Å²) in [6.45, 7) is 4.05. The molecule has 3 nitrogen and oxygen atoms in total. The molecule has 0 heterocycles. The van der Waals surface area contributed by atoms with E-state index >= 15 is 0 Å². The maximum absolute atomic E-state index is 12.5. The lowest BCUT2D eigenvalue weighted by molar-refractivity contribution is -0.137. The van der Waals surface area contributed by atoms with E-state index in [0.717, 1.165) is 25.0 Å². The van der Waals surface area contributed by atoms with Crippen molar-refractivity contribution >= 4 is 5.91 Å². The third-order valence-electron chi connectivity index (χ3n) is 3.30. The summed E-state index contributed by atoms with van der Waals surface area (Å²) in [5.41, 5.74) is -0.764. The van der Waals surface area contributed by atoms with Crippen LogP contribution in [0.2, 0.25) is 0 Å². The SMILES string of the molecule is CCC(CC)C(=O)NCC#CCOc1cccc(C(F)(F)F)c1. The van der Waals surface area contributed by atoms with E-state index in [0.29, 0.717) is 0 Å². The summed E-state index contributed by atoms with van der Waals surface area (Å²) in [6, 6.07) is 4.62. The van der Waals surface area contributed by atoms with Gasteiger partial charge in [0.2, 0.25) is 5.91 Å². The van der Waals surface area contributed by atoms with Gasteiger partial charge in [0, 0.05) is 5.92 Å². The summed E-state index contributed by atoms with van der Waals surface area (Å²) >= 11 is 0. The predicted octanol–water partition coefficient (Wildman–Crippen LogP) is 3.64. The minimum Gasteiger partial charge on any atom is -0.481 e. The van der Waals surface area contributed by atoms with E-state index in [1.807, 2.05) is 13.8 Å². The van der Waals surface area contributed by atoms with Gasteiger partial charge in [0.1, 0.15) is 12.4 Å². The quantitative estimate of drug-likeness (QED) is 0.810. The molecule has 1 aromatic rings. The van der Waals surface area contributed by atoms with Gasteiger partial charge in [-0.1, -0.05) is 31.8 Å². The van der Waals surface area contributed by atoms with E-state index in [4.69, 9.17) is 4.74 Å². The van der Waals surface area contributed by atoms with E-state index in [-0.39, 0.29) is 30.7 Å². The molecule has 0 aliphatic rings. The van der Waals surface area contributed by atoms with Crippen LogP contribution < -0.4 is 10.1 Å². The van der Waals surface area contributed by atoms with Gasteiger partial charge < -0.3 is 10.1 Å². The van der Waals surface area contributed by atoms with E-state index in [9.17, 15) is 18.0 Å². The van der Waals surface area contributed by atoms with Gasteiger partial charge in [0.05, 0.1) is 12.1 Å². The van der Waals surface area contributed by atoms with Gasteiger partial charge in [-0.15, -0.1) is 0 Å². The first-order valence-electron chi connectivity index (χ1n) is 7.42. The molecule has 0 saturated heterocycles. The molecule has 0 atom stereocenters. The zero-order valence-corrected chi connectivity index (χ0v) is 13.2. The number of benzene rings is 1. The topological polar surface area (TPSA) is 38.3 Å². The normalized spacial score (nSPS) is 10.9. The molecule has 23 heavy (non-hydrogen) atoms. The first-order valence-corrected chi connectivity index (χ1v) is 7.42. The Balaban J connectivity index is 2.40. The Morgan fingerprint density at radius 1 is 1.26 bits per heavy atom. The van der Waals surface area contributed by atoms with Crippen LogP contribution in [0.3, 0.4) is 0 Å². The number of ether oxygens (including phenoxy) is 1. The molecule has 1 aromatic carbocycles. The maximum atomic E-state index is 12.5. The number of halogens is 3. The monoisotopic (exact) mass is 327 g/mol. The molecule has 1 amide bonds. The zero-order valence-electron chi connectivity index (χ0n) is 13.2. The second-order valence-electron chi connectivity index (χ2n) is 4.90. The molecule has 0 aromatic heterocycles.